The number of benzene rings is 1. The van der Waals surface area contributed by atoms with Gasteiger partial charge in [0.1, 0.15) is 6.29 Å². The average Bonchev–Trinajstić information content (AvgIpc) is 2.38. The predicted molar refractivity (Wildman–Crippen MR) is 65.1 cm³/mol. The van der Waals surface area contributed by atoms with Gasteiger partial charge in [0.15, 0.2) is 0 Å². The van der Waals surface area contributed by atoms with E-state index in [1.807, 2.05) is 6.92 Å². The van der Waals surface area contributed by atoms with Crippen LogP contribution in [0.5, 0.6) is 0 Å². The van der Waals surface area contributed by atoms with Crippen LogP contribution < -0.4 is 5.32 Å². The number of aliphatic hydroxyl groups excluding tert-OH is 1. The van der Waals surface area contributed by atoms with E-state index < -0.39 is 0 Å². The number of rotatable bonds is 6. The lowest BCUT2D eigenvalue weighted by Gasteiger charge is -2.15. The van der Waals surface area contributed by atoms with Gasteiger partial charge in [-0.2, -0.15) is 0 Å². The zero-order valence-corrected chi connectivity index (χ0v) is 9.85. The summed E-state index contributed by atoms with van der Waals surface area (Å²) in [5.74, 6) is -0.178. The Hall–Kier alpha value is -1.68. The lowest BCUT2D eigenvalue weighted by Crippen LogP contribution is -2.35. The van der Waals surface area contributed by atoms with Crippen LogP contribution in [0.1, 0.15) is 40.5 Å². The van der Waals surface area contributed by atoms with Gasteiger partial charge in [-0.3, -0.25) is 9.59 Å². The summed E-state index contributed by atoms with van der Waals surface area (Å²) in [6.07, 6.45) is 2.07. The first-order valence-electron chi connectivity index (χ1n) is 5.68. The third-order valence-corrected chi connectivity index (χ3v) is 2.61. The fourth-order valence-electron chi connectivity index (χ4n) is 1.52. The van der Waals surface area contributed by atoms with Crippen LogP contribution in [0.4, 0.5) is 0 Å². The van der Waals surface area contributed by atoms with Crippen molar-refractivity contribution in [3.05, 3.63) is 35.4 Å². The fourth-order valence-corrected chi connectivity index (χ4v) is 1.52. The molecule has 2 N–H and O–H groups in total. The smallest absolute Gasteiger partial charge is 0.251 e. The Bertz CT molecular complexity index is 373. The predicted octanol–water partition coefficient (Wildman–Crippen LogP) is 1.39. The summed E-state index contributed by atoms with van der Waals surface area (Å²) in [5.41, 5.74) is 1.07. The van der Waals surface area contributed by atoms with Crippen molar-refractivity contribution in [3.63, 3.8) is 0 Å². The molecule has 1 aromatic rings. The number of aliphatic hydroxyl groups is 1. The van der Waals surface area contributed by atoms with Crippen molar-refractivity contribution >= 4 is 12.2 Å². The summed E-state index contributed by atoms with van der Waals surface area (Å²) < 4.78 is 0. The quantitative estimate of drug-likeness (QED) is 0.732. The highest BCUT2D eigenvalue weighted by Crippen LogP contribution is 2.04. The number of carbonyl (C=O) groups is 2. The minimum atomic E-state index is -0.178. The SMILES string of the molecule is CCC(CCO)NC(=O)c1ccc(C=O)cc1. The molecular weight excluding hydrogens is 218 g/mol. The van der Waals surface area contributed by atoms with Gasteiger partial charge in [-0.25, -0.2) is 0 Å². The van der Waals surface area contributed by atoms with Crippen LogP contribution in [-0.2, 0) is 0 Å². The summed E-state index contributed by atoms with van der Waals surface area (Å²) in [6, 6.07) is 6.43. The third kappa shape index (κ3) is 4.00. The second-order valence-electron chi connectivity index (χ2n) is 3.83. The molecule has 1 atom stereocenters. The summed E-state index contributed by atoms with van der Waals surface area (Å²) >= 11 is 0. The topological polar surface area (TPSA) is 66.4 Å². The number of aldehydes is 1. The first kappa shape index (κ1) is 13.4. The molecule has 4 nitrogen and oxygen atoms in total. The minimum Gasteiger partial charge on any atom is -0.396 e. The van der Waals surface area contributed by atoms with E-state index >= 15 is 0 Å². The van der Waals surface area contributed by atoms with Crippen LogP contribution in [0.25, 0.3) is 0 Å². The maximum Gasteiger partial charge on any atom is 0.251 e. The normalized spacial score (nSPS) is 11.9. The van der Waals surface area contributed by atoms with Gasteiger partial charge in [-0.05, 0) is 25.0 Å². The van der Waals surface area contributed by atoms with Gasteiger partial charge in [-0.1, -0.05) is 19.1 Å². The molecule has 92 valence electrons. The molecule has 0 spiro atoms. The highest BCUT2D eigenvalue weighted by molar-refractivity contribution is 5.95. The van der Waals surface area contributed by atoms with Crippen LogP contribution >= 0.6 is 0 Å². The van der Waals surface area contributed by atoms with E-state index in [-0.39, 0.29) is 18.6 Å². The highest BCUT2D eigenvalue weighted by Gasteiger charge is 2.11. The first-order chi connectivity index (χ1) is 8.21. The molecule has 4 heteroatoms. The number of carbonyl (C=O) groups excluding carboxylic acids is 2. The van der Waals surface area contributed by atoms with Crippen LogP contribution in [0.15, 0.2) is 24.3 Å². The lowest BCUT2D eigenvalue weighted by molar-refractivity contribution is 0.0928. The van der Waals surface area contributed by atoms with Crippen molar-refractivity contribution < 1.29 is 14.7 Å². The Morgan fingerprint density at radius 2 is 2.06 bits per heavy atom. The Morgan fingerprint density at radius 1 is 1.41 bits per heavy atom. The molecule has 0 heterocycles. The number of nitrogens with one attached hydrogen (secondary N) is 1. The van der Waals surface area contributed by atoms with Crippen LogP contribution in [0.3, 0.4) is 0 Å². The molecule has 17 heavy (non-hydrogen) atoms. The molecule has 0 aliphatic carbocycles. The minimum absolute atomic E-state index is 0.0155. The third-order valence-electron chi connectivity index (χ3n) is 2.61. The average molecular weight is 235 g/mol. The molecule has 0 aliphatic heterocycles. The Morgan fingerprint density at radius 3 is 2.53 bits per heavy atom. The molecule has 1 unspecified atom stereocenters. The number of hydrogen-bond donors (Lipinski definition) is 2. The molecule has 0 fully saturated rings. The van der Waals surface area contributed by atoms with E-state index in [0.29, 0.717) is 17.5 Å². The van der Waals surface area contributed by atoms with Crippen molar-refractivity contribution in [2.75, 3.05) is 6.61 Å². The highest BCUT2D eigenvalue weighted by atomic mass is 16.3. The van der Waals surface area contributed by atoms with Gasteiger partial charge in [0, 0.05) is 23.8 Å². The van der Waals surface area contributed by atoms with Crippen LogP contribution in [0.2, 0.25) is 0 Å². The van der Waals surface area contributed by atoms with E-state index in [4.69, 9.17) is 5.11 Å². The van der Waals surface area contributed by atoms with Crippen molar-refractivity contribution in [3.8, 4) is 0 Å². The van der Waals surface area contributed by atoms with Gasteiger partial charge in [0.2, 0.25) is 0 Å². The zero-order valence-electron chi connectivity index (χ0n) is 9.85. The second-order valence-corrected chi connectivity index (χ2v) is 3.83. The molecule has 0 radical (unpaired) electrons. The van der Waals surface area contributed by atoms with Crippen LogP contribution in [0, 0.1) is 0 Å². The van der Waals surface area contributed by atoms with E-state index in [1.54, 1.807) is 24.3 Å². The maximum atomic E-state index is 11.8. The van der Waals surface area contributed by atoms with Crippen molar-refractivity contribution in [2.24, 2.45) is 0 Å². The van der Waals surface area contributed by atoms with Gasteiger partial charge in [-0.15, -0.1) is 0 Å². The van der Waals surface area contributed by atoms with E-state index in [9.17, 15) is 9.59 Å². The Labute approximate surface area is 101 Å². The summed E-state index contributed by atoms with van der Waals surface area (Å²) in [4.78, 5) is 22.3. The molecular formula is C13H17NO3. The largest absolute Gasteiger partial charge is 0.396 e. The molecule has 1 aromatic carbocycles. The Kier molecular flexibility index (Phi) is 5.36. The molecule has 0 bridgehead atoms. The summed E-state index contributed by atoms with van der Waals surface area (Å²) in [6.45, 7) is 2.01. The molecule has 1 rings (SSSR count). The fraction of sp³-hybridized carbons (Fsp3) is 0.385. The van der Waals surface area contributed by atoms with Gasteiger partial charge >= 0.3 is 0 Å². The number of hydrogen-bond acceptors (Lipinski definition) is 3. The summed E-state index contributed by atoms with van der Waals surface area (Å²) in [7, 11) is 0. The van der Waals surface area contributed by atoms with E-state index in [1.165, 1.54) is 0 Å². The van der Waals surface area contributed by atoms with Crippen molar-refractivity contribution in [1.29, 1.82) is 0 Å². The van der Waals surface area contributed by atoms with Gasteiger partial charge in [0.25, 0.3) is 5.91 Å². The summed E-state index contributed by atoms with van der Waals surface area (Å²) in [5, 5.41) is 11.7. The maximum absolute atomic E-state index is 11.8. The van der Waals surface area contributed by atoms with E-state index in [2.05, 4.69) is 5.32 Å². The number of amides is 1. The molecule has 0 saturated carbocycles. The molecule has 0 aromatic heterocycles. The monoisotopic (exact) mass is 235 g/mol. The Balaban J connectivity index is 2.65. The first-order valence-corrected chi connectivity index (χ1v) is 5.68. The standard InChI is InChI=1S/C13H17NO3/c1-2-12(7-8-15)14-13(17)11-5-3-10(9-16)4-6-11/h3-6,9,12,15H,2,7-8H2,1H3,(H,14,17). The second kappa shape index (κ2) is 6.81. The van der Waals surface area contributed by atoms with Crippen molar-refractivity contribution in [2.45, 2.75) is 25.8 Å². The van der Waals surface area contributed by atoms with Gasteiger partial charge < -0.3 is 10.4 Å². The van der Waals surface area contributed by atoms with Gasteiger partial charge in [0.05, 0.1) is 0 Å². The zero-order chi connectivity index (χ0) is 12.7. The van der Waals surface area contributed by atoms with E-state index in [0.717, 1.165) is 12.7 Å². The van der Waals surface area contributed by atoms with Crippen LogP contribution in [-0.4, -0.2) is 29.9 Å². The van der Waals surface area contributed by atoms with Crippen molar-refractivity contribution in [1.82, 2.24) is 5.32 Å². The lowest BCUT2D eigenvalue weighted by atomic mass is 10.1. The molecule has 1 amide bonds. The molecule has 0 aliphatic rings. The molecule has 0 saturated heterocycles.